The zero-order valence-corrected chi connectivity index (χ0v) is 12.1. The normalized spacial score (nSPS) is 14.8. The van der Waals surface area contributed by atoms with Gasteiger partial charge >= 0.3 is 0 Å². The number of nitrogens with zero attached hydrogens (tertiary/aromatic N) is 1. The van der Waals surface area contributed by atoms with Gasteiger partial charge < -0.3 is 21.7 Å². The number of benzene rings is 1. The van der Waals surface area contributed by atoms with E-state index in [1.807, 2.05) is 4.90 Å². The maximum absolute atomic E-state index is 12.1. The summed E-state index contributed by atoms with van der Waals surface area (Å²) in [7, 11) is 0. The van der Waals surface area contributed by atoms with Crippen molar-refractivity contribution in [3.8, 4) is 0 Å². The van der Waals surface area contributed by atoms with Gasteiger partial charge in [0.05, 0.1) is 16.9 Å². The van der Waals surface area contributed by atoms with Gasteiger partial charge in [-0.3, -0.25) is 9.59 Å². The molecule has 0 atom stereocenters. The zero-order valence-electron chi connectivity index (χ0n) is 12.1. The molecule has 1 aliphatic heterocycles. The van der Waals surface area contributed by atoms with Crippen LogP contribution in [0.4, 0.5) is 11.4 Å². The van der Waals surface area contributed by atoms with Crippen LogP contribution in [0.1, 0.15) is 36.0 Å². The average molecular weight is 290 g/mol. The van der Waals surface area contributed by atoms with Crippen LogP contribution in [-0.4, -0.2) is 36.3 Å². The lowest BCUT2D eigenvalue weighted by Gasteiger charge is -2.26. The molecule has 114 valence electrons. The predicted octanol–water partition coefficient (Wildman–Crippen LogP) is 1.18. The molecule has 2 amide bonds. The van der Waals surface area contributed by atoms with Gasteiger partial charge in [-0.25, -0.2) is 0 Å². The number of primary amides is 1. The number of para-hydroxylation sites is 1. The molecule has 1 fully saturated rings. The Kier molecular flexibility index (Phi) is 5.03. The van der Waals surface area contributed by atoms with Crippen molar-refractivity contribution in [2.45, 2.75) is 25.7 Å². The second-order valence-corrected chi connectivity index (χ2v) is 5.25. The highest BCUT2D eigenvalue weighted by Crippen LogP contribution is 2.23. The molecule has 1 saturated heterocycles. The average Bonchev–Trinajstić information content (AvgIpc) is 2.49. The number of hydrogen-bond donors (Lipinski definition) is 3. The van der Waals surface area contributed by atoms with Gasteiger partial charge in [0.1, 0.15) is 0 Å². The van der Waals surface area contributed by atoms with E-state index in [-0.39, 0.29) is 5.91 Å². The minimum Gasteiger partial charge on any atom is -0.397 e. The lowest BCUT2D eigenvalue weighted by atomic mass is 10.1. The van der Waals surface area contributed by atoms with Crippen LogP contribution in [0.15, 0.2) is 18.2 Å². The quantitative estimate of drug-likeness (QED) is 0.709. The lowest BCUT2D eigenvalue weighted by molar-refractivity contribution is -0.131. The van der Waals surface area contributed by atoms with E-state index in [9.17, 15) is 9.59 Å². The third-order valence-corrected chi connectivity index (χ3v) is 3.71. The standard InChI is InChI=1S/C15H22N4O2/c16-12-6-4-5-11(15(17)21)14(12)18-8-7-13(20)19-9-2-1-3-10-19/h4-6,18H,1-3,7-10,16H2,(H2,17,21). The molecule has 1 aromatic rings. The number of nitrogen functional groups attached to an aromatic ring is 1. The molecule has 0 aromatic heterocycles. The number of anilines is 2. The Labute approximate surface area is 124 Å². The first-order chi connectivity index (χ1) is 10.1. The molecule has 0 saturated carbocycles. The number of hydrogen-bond acceptors (Lipinski definition) is 4. The summed E-state index contributed by atoms with van der Waals surface area (Å²) < 4.78 is 0. The smallest absolute Gasteiger partial charge is 0.250 e. The summed E-state index contributed by atoms with van der Waals surface area (Å²) in [5, 5.41) is 3.06. The number of nitrogens with one attached hydrogen (secondary N) is 1. The number of carbonyl (C=O) groups is 2. The Balaban J connectivity index is 1.91. The fourth-order valence-electron chi connectivity index (χ4n) is 2.57. The van der Waals surface area contributed by atoms with E-state index in [0.717, 1.165) is 25.9 Å². The SMILES string of the molecule is NC(=O)c1cccc(N)c1NCCC(=O)N1CCCCC1. The molecule has 0 aliphatic carbocycles. The number of nitrogens with two attached hydrogens (primary N) is 2. The van der Waals surface area contributed by atoms with Gasteiger partial charge in [0.25, 0.3) is 5.91 Å². The first kappa shape index (κ1) is 15.2. The van der Waals surface area contributed by atoms with Gasteiger partial charge in [0.15, 0.2) is 0 Å². The molecule has 2 rings (SSSR count). The molecule has 0 bridgehead atoms. The molecule has 6 nitrogen and oxygen atoms in total. The van der Waals surface area contributed by atoms with Crippen molar-refractivity contribution in [2.24, 2.45) is 5.73 Å². The van der Waals surface area contributed by atoms with E-state index in [1.165, 1.54) is 6.42 Å². The van der Waals surface area contributed by atoms with Crippen molar-refractivity contribution in [1.82, 2.24) is 4.90 Å². The van der Waals surface area contributed by atoms with Crippen molar-refractivity contribution < 1.29 is 9.59 Å². The summed E-state index contributed by atoms with van der Waals surface area (Å²) in [4.78, 5) is 25.3. The van der Waals surface area contributed by atoms with Gasteiger partial charge in [-0.05, 0) is 31.4 Å². The van der Waals surface area contributed by atoms with Crippen LogP contribution < -0.4 is 16.8 Å². The molecular weight excluding hydrogens is 268 g/mol. The van der Waals surface area contributed by atoms with Crippen molar-refractivity contribution in [2.75, 3.05) is 30.7 Å². The Morgan fingerprint density at radius 3 is 2.57 bits per heavy atom. The van der Waals surface area contributed by atoms with Gasteiger partial charge in [0, 0.05) is 26.1 Å². The molecule has 21 heavy (non-hydrogen) atoms. The summed E-state index contributed by atoms with van der Waals surface area (Å²) in [6.45, 7) is 2.13. The number of carbonyl (C=O) groups excluding carboxylic acids is 2. The number of amides is 2. The maximum atomic E-state index is 12.1. The van der Waals surface area contributed by atoms with Gasteiger partial charge in [-0.2, -0.15) is 0 Å². The molecule has 1 aromatic carbocycles. The topological polar surface area (TPSA) is 101 Å². The highest BCUT2D eigenvalue weighted by atomic mass is 16.2. The summed E-state index contributed by atoms with van der Waals surface area (Å²) in [6, 6.07) is 4.99. The van der Waals surface area contributed by atoms with Crippen LogP contribution >= 0.6 is 0 Å². The van der Waals surface area contributed by atoms with E-state index < -0.39 is 5.91 Å². The summed E-state index contributed by atoms with van der Waals surface area (Å²) in [5.41, 5.74) is 12.5. The second-order valence-electron chi connectivity index (χ2n) is 5.25. The van der Waals surface area contributed by atoms with Crippen molar-refractivity contribution in [3.05, 3.63) is 23.8 Å². The fraction of sp³-hybridized carbons (Fsp3) is 0.467. The highest BCUT2D eigenvalue weighted by molar-refractivity contribution is 6.01. The molecule has 0 spiro atoms. The lowest BCUT2D eigenvalue weighted by Crippen LogP contribution is -2.36. The third-order valence-electron chi connectivity index (χ3n) is 3.71. The fourth-order valence-corrected chi connectivity index (χ4v) is 2.57. The highest BCUT2D eigenvalue weighted by Gasteiger charge is 2.16. The Hall–Kier alpha value is -2.24. The number of rotatable bonds is 5. The minimum atomic E-state index is -0.535. The van der Waals surface area contributed by atoms with E-state index in [4.69, 9.17) is 11.5 Å². The third kappa shape index (κ3) is 3.87. The monoisotopic (exact) mass is 290 g/mol. The molecule has 6 heteroatoms. The van der Waals surface area contributed by atoms with Crippen molar-refractivity contribution >= 4 is 23.2 Å². The van der Waals surface area contributed by atoms with E-state index in [2.05, 4.69) is 5.32 Å². The molecule has 1 heterocycles. The second kappa shape index (κ2) is 6.97. The summed E-state index contributed by atoms with van der Waals surface area (Å²) in [6.07, 6.45) is 3.74. The van der Waals surface area contributed by atoms with Crippen LogP contribution in [0.5, 0.6) is 0 Å². The predicted molar refractivity (Wildman–Crippen MR) is 82.9 cm³/mol. The van der Waals surface area contributed by atoms with E-state index in [0.29, 0.717) is 29.9 Å². The minimum absolute atomic E-state index is 0.136. The number of likely N-dealkylation sites (tertiary alicyclic amines) is 1. The van der Waals surface area contributed by atoms with Gasteiger partial charge in [0.2, 0.25) is 5.91 Å². The molecule has 5 N–H and O–H groups in total. The Morgan fingerprint density at radius 2 is 1.90 bits per heavy atom. The van der Waals surface area contributed by atoms with Crippen LogP contribution in [-0.2, 0) is 4.79 Å². The first-order valence-electron chi connectivity index (χ1n) is 7.29. The summed E-state index contributed by atoms with van der Waals surface area (Å²) in [5.74, 6) is -0.399. The van der Waals surface area contributed by atoms with Crippen molar-refractivity contribution in [3.63, 3.8) is 0 Å². The maximum Gasteiger partial charge on any atom is 0.250 e. The van der Waals surface area contributed by atoms with E-state index >= 15 is 0 Å². The first-order valence-corrected chi connectivity index (χ1v) is 7.29. The van der Waals surface area contributed by atoms with Crippen molar-refractivity contribution in [1.29, 1.82) is 0 Å². The zero-order chi connectivity index (χ0) is 15.2. The Morgan fingerprint density at radius 1 is 1.19 bits per heavy atom. The number of piperidine rings is 1. The van der Waals surface area contributed by atoms with E-state index in [1.54, 1.807) is 18.2 Å². The van der Waals surface area contributed by atoms with Gasteiger partial charge in [-0.15, -0.1) is 0 Å². The molecule has 1 aliphatic rings. The summed E-state index contributed by atoms with van der Waals surface area (Å²) >= 11 is 0. The van der Waals surface area contributed by atoms with Crippen LogP contribution in [0.3, 0.4) is 0 Å². The largest absolute Gasteiger partial charge is 0.397 e. The van der Waals surface area contributed by atoms with Crippen LogP contribution in [0.25, 0.3) is 0 Å². The molecule has 0 radical (unpaired) electrons. The Bertz CT molecular complexity index is 524. The van der Waals surface area contributed by atoms with Crippen LogP contribution in [0.2, 0.25) is 0 Å². The molecular formula is C15H22N4O2. The molecule has 0 unspecified atom stereocenters. The van der Waals surface area contributed by atoms with Gasteiger partial charge in [-0.1, -0.05) is 6.07 Å². The van der Waals surface area contributed by atoms with Crippen LogP contribution in [0, 0.1) is 0 Å².